The molecule has 0 unspecified atom stereocenters. The van der Waals surface area contributed by atoms with Crippen LogP contribution >= 0.6 is 0 Å². The minimum Gasteiger partial charge on any atom is -0.329 e. The molecule has 2 heterocycles. The Hall–Kier alpha value is -3.52. The van der Waals surface area contributed by atoms with E-state index in [1.165, 1.54) is 0 Å². The Morgan fingerprint density at radius 3 is 2.48 bits per heavy atom. The van der Waals surface area contributed by atoms with E-state index < -0.39 is 10.0 Å². The van der Waals surface area contributed by atoms with Gasteiger partial charge in [-0.2, -0.15) is 4.99 Å². The molecule has 0 fully saturated rings. The Bertz CT molecular complexity index is 1330. The number of rotatable bonds is 8. The summed E-state index contributed by atoms with van der Waals surface area (Å²) in [5.74, 6) is 0.246. The van der Waals surface area contributed by atoms with Gasteiger partial charge in [0.25, 0.3) is 10.0 Å². The third kappa shape index (κ3) is 5.84. The van der Waals surface area contributed by atoms with Crippen LogP contribution < -0.4 is 10.2 Å². The molecule has 1 aliphatic heterocycles. The van der Waals surface area contributed by atoms with Crippen LogP contribution in [0.25, 0.3) is 0 Å². The molecule has 2 aromatic carbocycles. The van der Waals surface area contributed by atoms with E-state index in [1.54, 1.807) is 24.3 Å². The second-order valence-electron chi connectivity index (χ2n) is 7.82. The lowest BCUT2D eigenvalue weighted by molar-refractivity contribution is -0.118. The Morgan fingerprint density at radius 1 is 0.879 bits per heavy atom. The summed E-state index contributed by atoms with van der Waals surface area (Å²) in [6.07, 6.45) is 4.58. The van der Waals surface area contributed by atoms with Crippen molar-refractivity contribution < 1.29 is 13.2 Å². The van der Waals surface area contributed by atoms with E-state index in [9.17, 15) is 13.2 Å². The number of carbonyl (C=O) groups excluding carboxylic acids is 1. The number of hydrogen-bond donors (Lipinski definition) is 1. The van der Waals surface area contributed by atoms with Gasteiger partial charge in [0.05, 0.1) is 4.90 Å². The summed E-state index contributed by atoms with van der Waals surface area (Å²) >= 11 is 0. The van der Waals surface area contributed by atoms with Crippen molar-refractivity contribution in [2.45, 2.75) is 37.1 Å². The number of amidine groups is 1. The van der Waals surface area contributed by atoms with Gasteiger partial charge in [-0.3, -0.25) is 14.5 Å². The molecule has 0 saturated heterocycles. The number of aliphatic imine (C=N–C) groups is 1. The van der Waals surface area contributed by atoms with Crippen molar-refractivity contribution in [3.63, 3.8) is 0 Å². The maximum absolute atomic E-state index is 12.4. The summed E-state index contributed by atoms with van der Waals surface area (Å²) in [6.45, 7) is 1.15. The molecule has 33 heavy (non-hydrogen) atoms. The largest absolute Gasteiger partial charge is 0.329 e. The molecule has 0 saturated carbocycles. The fraction of sp³-hybridized carbons (Fsp3) is 0.240. The third-order valence-corrected chi connectivity index (χ3v) is 6.73. The first-order chi connectivity index (χ1) is 16.0. The maximum atomic E-state index is 12.4. The van der Waals surface area contributed by atoms with Crippen molar-refractivity contribution in [3.05, 3.63) is 95.6 Å². The van der Waals surface area contributed by atoms with Crippen LogP contribution in [0.4, 0.5) is 0 Å². The van der Waals surface area contributed by atoms with Crippen molar-refractivity contribution in [1.82, 2.24) is 9.29 Å². The third-order valence-electron chi connectivity index (χ3n) is 5.33. The first kappa shape index (κ1) is 22.7. The van der Waals surface area contributed by atoms with Gasteiger partial charge in [-0.05, 0) is 42.7 Å². The highest BCUT2D eigenvalue weighted by molar-refractivity contribution is 7.90. The zero-order chi connectivity index (χ0) is 23.1. The van der Waals surface area contributed by atoms with Crippen LogP contribution in [0.5, 0.6) is 0 Å². The van der Waals surface area contributed by atoms with E-state index in [0.717, 1.165) is 18.4 Å². The highest BCUT2D eigenvalue weighted by Crippen LogP contribution is 2.22. The molecule has 170 valence electrons. The van der Waals surface area contributed by atoms with Crippen LogP contribution in [0.3, 0.4) is 0 Å². The monoisotopic (exact) mass is 462 g/mol. The van der Waals surface area contributed by atoms with Gasteiger partial charge in [0.15, 0.2) is 0 Å². The summed E-state index contributed by atoms with van der Waals surface area (Å²) in [5, 5.41) is 0. The Morgan fingerprint density at radius 2 is 1.64 bits per heavy atom. The van der Waals surface area contributed by atoms with E-state index in [0.29, 0.717) is 42.8 Å². The lowest BCUT2D eigenvalue weighted by Crippen LogP contribution is -2.22. The van der Waals surface area contributed by atoms with Crippen molar-refractivity contribution in [3.8, 4) is 0 Å². The van der Waals surface area contributed by atoms with Gasteiger partial charge < -0.3 is 4.57 Å². The lowest BCUT2D eigenvalue weighted by Gasteiger charge is -2.07. The van der Waals surface area contributed by atoms with Gasteiger partial charge in [0.2, 0.25) is 5.91 Å². The molecule has 0 radical (unpaired) electrons. The number of aromatic nitrogens is 1. The molecule has 8 heteroatoms. The number of benzene rings is 2. The zero-order valence-electron chi connectivity index (χ0n) is 18.2. The minimum absolute atomic E-state index is 0.146. The number of nitrogens with zero attached hydrogens (tertiary/aromatic N) is 3. The Balaban J connectivity index is 1.27. The predicted molar refractivity (Wildman–Crippen MR) is 127 cm³/mol. The quantitative estimate of drug-likeness (QED) is 0.521. The maximum Gasteiger partial charge on any atom is 0.263 e. The first-order valence-corrected chi connectivity index (χ1v) is 12.4. The van der Waals surface area contributed by atoms with E-state index in [2.05, 4.69) is 14.7 Å². The molecule has 0 spiro atoms. The number of unbranched alkanes of at least 4 members (excludes halogenated alkanes) is 2. The van der Waals surface area contributed by atoms with Gasteiger partial charge in [0, 0.05) is 31.3 Å². The lowest BCUT2D eigenvalue weighted by atomic mass is 10.2. The summed E-state index contributed by atoms with van der Waals surface area (Å²) in [7, 11) is -3.51. The summed E-state index contributed by atoms with van der Waals surface area (Å²) in [4.78, 5) is 21.4. The molecular formula is C25H26N4O3S. The van der Waals surface area contributed by atoms with Gasteiger partial charge in [-0.1, -0.05) is 55.0 Å². The number of sulfonamides is 1. The van der Waals surface area contributed by atoms with Crippen LogP contribution in [0.1, 0.15) is 36.8 Å². The highest BCUT2D eigenvalue weighted by atomic mass is 32.2. The molecule has 1 amide bonds. The van der Waals surface area contributed by atoms with Crippen LogP contribution in [-0.2, 0) is 21.4 Å². The number of fused-ring (bicyclic) bond motifs is 1. The fourth-order valence-electron chi connectivity index (χ4n) is 3.67. The predicted octanol–water partition coefficient (Wildman–Crippen LogP) is 3.26. The average Bonchev–Trinajstić information content (AvgIpc) is 3.08. The number of hydrogen-bond acceptors (Lipinski definition) is 4. The molecule has 1 aromatic heterocycles. The van der Waals surface area contributed by atoms with Crippen molar-refractivity contribution >= 4 is 21.8 Å². The molecule has 4 rings (SSSR count). The molecule has 3 aromatic rings. The van der Waals surface area contributed by atoms with Crippen LogP contribution in [0.2, 0.25) is 0 Å². The highest BCUT2D eigenvalue weighted by Gasteiger charge is 2.29. The minimum atomic E-state index is -3.51. The number of pyridine rings is 1. The Kier molecular flexibility index (Phi) is 7.14. The summed E-state index contributed by atoms with van der Waals surface area (Å²) < 4.78 is 28.7. The summed E-state index contributed by atoms with van der Waals surface area (Å²) in [5.41, 5.74) is 2.40. The Labute approximate surface area is 193 Å². The van der Waals surface area contributed by atoms with Crippen molar-refractivity contribution in [2.24, 2.45) is 9.98 Å². The van der Waals surface area contributed by atoms with E-state index in [-0.39, 0.29) is 10.8 Å². The first-order valence-electron chi connectivity index (χ1n) is 11.0. The van der Waals surface area contributed by atoms with Crippen molar-refractivity contribution in [1.29, 1.82) is 0 Å². The standard InChI is InChI=1S/C25H26N4O3S/c30-24(27-23-15-8-10-18-29(23)19-20-11-3-1-4-12-20)16-5-2-9-17-26-25-21-13-6-7-14-22(21)33(31,32)28-25/h1,3-4,6-8,10-15,18H,2,5,9,16-17,19H2,(H,26,28). The summed E-state index contributed by atoms with van der Waals surface area (Å²) in [6, 6.07) is 22.5. The van der Waals surface area contributed by atoms with E-state index in [1.807, 2.05) is 59.3 Å². The molecule has 7 nitrogen and oxygen atoms in total. The second kappa shape index (κ2) is 10.4. The van der Waals surface area contributed by atoms with Gasteiger partial charge in [-0.15, -0.1) is 0 Å². The number of nitrogens with one attached hydrogen (secondary N) is 1. The topological polar surface area (TPSA) is 92.9 Å². The van der Waals surface area contributed by atoms with Crippen molar-refractivity contribution in [2.75, 3.05) is 6.54 Å². The normalized spacial score (nSPS) is 15.9. The van der Waals surface area contributed by atoms with Crippen LogP contribution in [0.15, 0.2) is 93.9 Å². The molecule has 1 N–H and O–H groups in total. The number of amides is 1. The number of carbonyl (C=O) groups is 1. The van der Waals surface area contributed by atoms with Crippen LogP contribution in [-0.4, -0.2) is 31.3 Å². The molecule has 0 atom stereocenters. The second-order valence-corrected chi connectivity index (χ2v) is 9.47. The van der Waals surface area contributed by atoms with Crippen LogP contribution in [0, 0.1) is 0 Å². The fourth-order valence-corrected chi connectivity index (χ4v) is 4.92. The zero-order valence-corrected chi connectivity index (χ0v) is 19.0. The van der Waals surface area contributed by atoms with Gasteiger partial charge >= 0.3 is 0 Å². The average molecular weight is 463 g/mol. The van der Waals surface area contributed by atoms with Gasteiger partial charge in [-0.25, -0.2) is 8.42 Å². The van der Waals surface area contributed by atoms with E-state index >= 15 is 0 Å². The van der Waals surface area contributed by atoms with Gasteiger partial charge in [0.1, 0.15) is 11.3 Å². The molecule has 1 aliphatic rings. The molecule has 0 aliphatic carbocycles. The SMILES string of the molecule is O=C(CCCCCN=C1NS(=O)(=O)c2ccccc21)N=c1ccccn1Cc1ccccc1. The molecule has 0 bridgehead atoms. The smallest absolute Gasteiger partial charge is 0.263 e. The van der Waals surface area contributed by atoms with E-state index in [4.69, 9.17) is 0 Å². The molecular weight excluding hydrogens is 436 g/mol.